The van der Waals surface area contributed by atoms with E-state index in [1.54, 1.807) is 0 Å². The van der Waals surface area contributed by atoms with E-state index in [1.807, 2.05) is 0 Å². The molecule has 0 saturated heterocycles. The van der Waals surface area contributed by atoms with Crippen LogP contribution in [0.3, 0.4) is 0 Å². The number of amides is 1. The molecule has 2 N–H and O–H groups in total. The van der Waals surface area contributed by atoms with Gasteiger partial charge in [-0.2, -0.15) is 13.2 Å². The molecule has 0 heterocycles. The summed E-state index contributed by atoms with van der Waals surface area (Å²) in [7, 11) is 0. The molecule has 1 fully saturated rings. The minimum Gasteiger partial charge on any atom is -0.395 e. The maximum Gasteiger partial charge on any atom is 0.417 e. The quantitative estimate of drug-likeness (QED) is 0.421. The van der Waals surface area contributed by atoms with E-state index in [4.69, 9.17) is 10.6 Å². The Hall–Kier alpha value is -2.97. The summed E-state index contributed by atoms with van der Waals surface area (Å²) in [6, 6.07) is 6.56. The lowest BCUT2D eigenvalue weighted by Gasteiger charge is -2.16. The van der Waals surface area contributed by atoms with E-state index in [0.29, 0.717) is 17.7 Å². The standard InChI is InChI=1S/C20H17F5N2O2/c21-15-7-6-14(20(23,24)25)17(18(15)22)19(27-29-10-11-4-5-11)13-3-1-2-12(8-13)9-16(26)28/h1-3,6-8,11H,4-5,9-10H2,(H2,26,28). The van der Waals surface area contributed by atoms with Crippen LogP contribution in [0.25, 0.3) is 0 Å². The smallest absolute Gasteiger partial charge is 0.395 e. The molecule has 1 aliphatic carbocycles. The van der Waals surface area contributed by atoms with Crippen molar-refractivity contribution < 1.29 is 31.6 Å². The molecule has 0 aromatic heterocycles. The van der Waals surface area contributed by atoms with Gasteiger partial charge in [0.2, 0.25) is 5.91 Å². The number of hydrogen-bond donors (Lipinski definition) is 1. The lowest BCUT2D eigenvalue weighted by molar-refractivity contribution is -0.138. The molecule has 0 atom stereocenters. The van der Waals surface area contributed by atoms with Crippen LogP contribution in [0.4, 0.5) is 22.0 Å². The van der Waals surface area contributed by atoms with Gasteiger partial charge in [0, 0.05) is 5.56 Å². The SMILES string of the molecule is NC(=O)Cc1cccc(C(=NOCC2CC2)c2c(C(F)(F)F)ccc(F)c2F)c1. The number of alkyl halides is 3. The maximum atomic E-state index is 14.6. The van der Waals surface area contributed by atoms with Crippen LogP contribution in [-0.4, -0.2) is 18.2 Å². The molecule has 2 aromatic carbocycles. The fraction of sp³-hybridized carbons (Fsp3) is 0.300. The Labute approximate surface area is 163 Å². The van der Waals surface area contributed by atoms with Crippen LogP contribution in [0.15, 0.2) is 41.6 Å². The fourth-order valence-electron chi connectivity index (χ4n) is 2.78. The normalized spacial score (nSPS) is 14.7. The predicted molar refractivity (Wildman–Crippen MR) is 95.0 cm³/mol. The highest BCUT2D eigenvalue weighted by molar-refractivity contribution is 6.14. The fourth-order valence-corrected chi connectivity index (χ4v) is 2.78. The predicted octanol–water partition coefficient (Wildman–Crippen LogP) is 4.19. The minimum absolute atomic E-state index is 0.0366. The number of halogens is 5. The molecule has 9 heteroatoms. The first-order valence-electron chi connectivity index (χ1n) is 8.80. The van der Waals surface area contributed by atoms with Crippen molar-refractivity contribution >= 4 is 11.6 Å². The second-order valence-corrected chi connectivity index (χ2v) is 6.80. The van der Waals surface area contributed by atoms with Gasteiger partial charge < -0.3 is 10.6 Å². The Bertz CT molecular complexity index is 952. The molecule has 0 bridgehead atoms. The third kappa shape index (κ3) is 5.10. The van der Waals surface area contributed by atoms with Crippen LogP contribution in [0.5, 0.6) is 0 Å². The topological polar surface area (TPSA) is 64.7 Å². The van der Waals surface area contributed by atoms with E-state index in [9.17, 15) is 26.7 Å². The number of benzene rings is 2. The second kappa shape index (κ2) is 8.18. The largest absolute Gasteiger partial charge is 0.417 e. The van der Waals surface area contributed by atoms with Crippen molar-refractivity contribution in [2.75, 3.05) is 6.61 Å². The average Bonchev–Trinajstić information content (AvgIpc) is 3.44. The van der Waals surface area contributed by atoms with Gasteiger partial charge in [0.25, 0.3) is 0 Å². The average molecular weight is 412 g/mol. The molecule has 1 aliphatic rings. The van der Waals surface area contributed by atoms with Gasteiger partial charge in [0.1, 0.15) is 12.3 Å². The van der Waals surface area contributed by atoms with Gasteiger partial charge in [0.15, 0.2) is 11.6 Å². The first kappa shape index (κ1) is 20.8. The molecule has 29 heavy (non-hydrogen) atoms. The molecule has 0 radical (unpaired) electrons. The molecule has 1 saturated carbocycles. The van der Waals surface area contributed by atoms with Crippen molar-refractivity contribution in [3.63, 3.8) is 0 Å². The van der Waals surface area contributed by atoms with Gasteiger partial charge in [0.05, 0.1) is 17.5 Å². The zero-order chi connectivity index (χ0) is 21.2. The maximum absolute atomic E-state index is 14.6. The van der Waals surface area contributed by atoms with E-state index in [0.717, 1.165) is 12.8 Å². The van der Waals surface area contributed by atoms with E-state index in [2.05, 4.69) is 5.16 Å². The monoisotopic (exact) mass is 412 g/mol. The molecular weight excluding hydrogens is 395 g/mol. The van der Waals surface area contributed by atoms with Gasteiger partial charge >= 0.3 is 6.18 Å². The Morgan fingerprint density at radius 3 is 2.52 bits per heavy atom. The Kier molecular flexibility index (Phi) is 5.86. The number of carbonyl (C=O) groups is 1. The highest BCUT2D eigenvalue weighted by Crippen LogP contribution is 2.35. The van der Waals surface area contributed by atoms with Crippen LogP contribution in [0.1, 0.15) is 35.1 Å². The Morgan fingerprint density at radius 1 is 1.17 bits per heavy atom. The van der Waals surface area contributed by atoms with Crippen LogP contribution < -0.4 is 5.73 Å². The summed E-state index contributed by atoms with van der Waals surface area (Å²) in [5.74, 6) is -3.55. The van der Waals surface area contributed by atoms with E-state index >= 15 is 0 Å². The lowest BCUT2D eigenvalue weighted by atomic mass is 9.95. The van der Waals surface area contributed by atoms with Gasteiger partial charge in [-0.1, -0.05) is 23.4 Å². The second-order valence-electron chi connectivity index (χ2n) is 6.80. The highest BCUT2D eigenvalue weighted by atomic mass is 19.4. The Morgan fingerprint density at radius 2 is 1.90 bits per heavy atom. The van der Waals surface area contributed by atoms with Crippen molar-refractivity contribution in [1.82, 2.24) is 0 Å². The molecule has 0 aliphatic heterocycles. The number of oxime groups is 1. The molecule has 4 nitrogen and oxygen atoms in total. The zero-order valence-electron chi connectivity index (χ0n) is 15.1. The Balaban J connectivity index is 2.14. The van der Waals surface area contributed by atoms with Crippen LogP contribution in [-0.2, 0) is 22.2 Å². The minimum atomic E-state index is -4.95. The number of hydrogen-bond acceptors (Lipinski definition) is 3. The van der Waals surface area contributed by atoms with Gasteiger partial charge in [-0.3, -0.25) is 4.79 Å². The molecule has 0 unspecified atom stereocenters. The van der Waals surface area contributed by atoms with E-state index in [1.165, 1.54) is 24.3 Å². The van der Waals surface area contributed by atoms with Crippen LogP contribution >= 0.6 is 0 Å². The molecule has 154 valence electrons. The summed E-state index contributed by atoms with van der Waals surface area (Å²) in [4.78, 5) is 16.3. The summed E-state index contributed by atoms with van der Waals surface area (Å²) in [5, 5.41) is 3.73. The van der Waals surface area contributed by atoms with Gasteiger partial charge in [-0.05, 0) is 42.5 Å². The summed E-state index contributed by atoms with van der Waals surface area (Å²) >= 11 is 0. The number of nitrogens with two attached hydrogens (primary N) is 1. The van der Waals surface area contributed by atoms with Crippen molar-refractivity contribution in [2.45, 2.75) is 25.4 Å². The molecule has 1 amide bonds. The molecular formula is C20H17F5N2O2. The first-order valence-corrected chi connectivity index (χ1v) is 8.80. The molecule has 0 spiro atoms. The van der Waals surface area contributed by atoms with E-state index < -0.39 is 40.6 Å². The number of primary amides is 1. The number of rotatable bonds is 7. The summed E-state index contributed by atoms with van der Waals surface area (Å²) < 4.78 is 68.9. The van der Waals surface area contributed by atoms with Crippen molar-refractivity contribution in [3.05, 3.63) is 70.3 Å². The van der Waals surface area contributed by atoms with Gasteiger partial charge in [-0.15, -0.1) is 0 Å². The van der Waals surface area contributed by atoms with Crippen molar-refractivity contribution in [1.29, 1.82) is 0 Å². The molecule has 2 aromatic rings. The number of carbonyl (C=O) groups excluding carboxylic acids is 1. The summed E-state index contributed by atoms with van der Waals surface area (Å²) in [6.07, 6.45) is -3.32. The first-order chi connectivity index (χ1) is 13.7. The van der Waals surface area contributed by atoms with Crippen molar-refractivity contribution in [2.24, 2.45) is 16.8 Å². The lowest BCUT2D eigenvalue weighted by Crippen LogP contribution is -2.19. The summed E-state index contributed by atoms with van der Waals surface area (Å²) in [6.45, 7) is 0.156. The highest BCUT2D eigenvalue weighted by Gasteiger charge is 2.37. The van der Waals surface area contributed by atoms with Crippen molar-refractivity contribution in [3.8, 4) is 0 Å². The van der Waals surface area contributed by atoms with Crippen LogP contribution in [0, 0.1) is 17.6 Å². The molecule has 3 rings (SSSR count). The van der Waals surface area contributed by atoms with Gasteiger partial charge in [-0.25, -0.2) is 8.78 Å². The van der Waals surface area contributed by atoms with E-state index in [-0.39, 0.29) is 24.5 Å². The third-order valence-corrected chi connectivity index (χ3v) is 4.38. The third-order valence-electron chi connectivity index (χ3n) is 4.38. The number of nitrogens with zero attached hydrogens (tertiary/aromatic N) is 1. The van der Waals surface area contributed by atoms with Crippen LogP contribution in [0.2, 0.25) is 0 Å². The zero-order valence-corrected chi connectivity index (χ0v) is 15.1. The summed E-state index contributed by atoms with van der Waals surface area (Å²) in [5.41, 5.74) is 2.63.